The number of amidine groups is 1. The molecule has 0 fully saturated rings. The van der Waals surface area contributed by atoms with Crippen LogP contribution in [0, 0.1) is 5.41 Å². The third kappa shape index (κ3) is 1.75. The van der Waals surface area contributed by atoms with E-state index in [1.54, 1.807) is 0 Å². The van der Waals surface area contributed by atoms with Gasteiger partial charge in [-0.05, 0) is 32.1 Å². The molecule has 0 saturated heterocycles. The van der Waals surface area contributed by atoms with E-state index in [-0.39, 0.29) is 11.7 Å². The Morgan fingerprint density at radius 3 is 2.76 bits per heavy atom. The molecule has 0 aromatic rings. The summed E-state index contributed by atoms with van der Waals surface area (Å²) in [7, 11) is 0. The number of carbonyl (C=O) groups excluding carboxylic acids is 2. The summed E-state index contributed by atoms with van der Waals surface area (Å²) in [6.45, 7) is 1.90. The number of amides is 3. The Labute approximate surface area is 100 Å². The molecule has 17 heavy (non-hydrogen) atoms. The van der Waals surface area contributed by atoms with Gasteiger partial charge in [-0.25, -0.2) is 4.79 Å². The average Bonchev–Trinajstić information content (AvgIpc) is 2.30. The van der Waals surface area contributed by atoms with Gasteiger partial charge in [-0.3, -0.25) is 10.1 Å². The number of hydrogen-bond donors (Lipinski definition) is 2. The maximum atomic E-state index is 12.1. The van der Waals surface area contributed by atoms with Crippen LogP contribution >= 0.6 is 0 Å². The van der Waals surface area contributed by atoms with E-state index >= 15 is 0 Å². The van der Waals surface area contributed by atoms with E-state index in [4.69, 9.17) is 5.73 Å². The molecule has 0 bridgehead atoms. The fourth-order valence-electron chi connectivity index (χ4n) is 2.66. The fourth-order valence-corrected chi connectivity index (χ4v) is 2.66. The number of nitrogens with two attached hydrogens (primary N) is 1. The van der Waals surface area contributed by atoms with Gasteiger partial charge in [0, 0.05) is 0 Å². The van der Waals surface area contributed by atoms with Gasteiger partial charge in [-0.15, -0.1) is 0 Å². The van der Waals surface area contributed by atoms with Crippen LogP contribution in [-0.4, -0.2) is 17.8 Å². The standard InChI is InChI=1S/C12H17N3O2/c1-2-12(8-6-4-3-5-7-8)9(13)14-11(17)15-10(12)16/h6H,2-5,7H2,1H3,(H3,13,14,15,16,17). The molecule has 2 rings (SSSR count). The summed E-state index contributed by atoms with van der Waals surface area (Å²) in [6.07, 6.45) is 6.62. The summed E-state index contributed by atoms with van der Waals surface area (Å²) in [5.41, 5.74) is 5.98. The van der Waals surface area contributed by atoms with Crippen LogP contribution in [0.2, 0.25) is 0 Å². The van der Waals surface area contributed by atoms with Crippen molar-refractivity contribution in [1.82, 2.24) is 5.32 Å². The van der Waals surface area contributed by atoms with E-state index in [1.807, 2.05) is 6.92 Å². The fraction of sp³-hybridized carbons (Fsp3) is 0.583. The zero-order chi connectivity index (χ0) is 12.5. The van der Waals surface area contributed by atoms with Gasteiger partial charge < -0.3 is 5.73 Å². The van der Waals surface area contributed by atoms with Crippen molar-refractivity contribution in [3.05, 3.63) is 11.6 Å². The maximum absolute atomic E-state index is 12.1. The number of urea groups is 1. The van der Waals surface area contributed by atoms with Crippen molar-refractivity contribution >= 4 is 17.8 Å². The quantitative estimate of drug-likeness (QED) is 0.711. The Bertz CT molecular complexity index is 425. The van der Waals surface area contributed by atoms with Crippen LogP contribution in [0.3, 0.4) is 0 Å². The first kappa shape index (κ1) is 11.8. The van der Waals surface area contributed by atoms with Crippen molar-refractivity contribution < 1.29 is 9.59 Å². The normalized spacial score (nSPS) is 29.5. The molecule has 0 aromatic heterocycles. The average molecular weight is 235 g/mol. The maximum Gasteiger partial charge on any atom is 0.349 e. The highest BCUT2D eigenvalue weighted by molar-refractivity contribution is 6.20. The molecule has 3 amide bonds. The number of rotatable bonds is 2. The first-order valence-corrected chi connectivity index (χ1v) is 6.01. The van der Waals surface area contributed by atoms with Crippen molar-refractivity contribution in [2.24, 2.45) is 16.1 Å². The van der Waals surface area contributed by atoms with Crippen LogP contribution < -0.4 is 11.1 Å². The molecule has 1 atom stereocenters. The van der Waals surface area contributed by atoms with Crippen LogP contribution in [0.1, 0.15) is 39.0 Å². The zero-order valence-electron chi connectivity index (χ0n) is 9.95. The minimum atomic E-state index is -0.895. The summed E-state index contributed by atoms with van der Waals surface area (Å²) >= 11 is 0. The lowest BCUT2D eigenvalue weighted by atomic mass is 9.71. The predicted molar refractivity (Wildman–Crippen MR) is 64.4 cm³/mol. The van der Waals surface area contributed by atoms with E-state index < -0.39 is 11.4 Å². The van der Waals surface area contributed by atoms with Crippen LogP contribution in [0.15, 0.2) is 16.6 Å². The highest BCUT2D eigenvalue weighted by Crippen LogP contribution is 2.39. The van der Waals surface area contributed by atoms with Gasteiger partial charge in [0.25, 0.3) is 0 Å². The van der Waals surface area contributed by atoms with Gasteiger partial charge >= 0.3 is 6.03 Å². The molecule has 1 aliphatic heterocycles. The Balaban J connectivity index is 2.48. The monoisotopic (exact) mass is 235 g/mol. The van der Waals surface area contributed by atoms with E-state index in [1.165, 1.54) is 0 Å². The predicted octanol–water partition coefficient (Wildman–Crippen LogP) is 1.49. The van der Waals surface area contributed by atoms with Gasteiger partial charge in [0.05, 0.1) is 0 Å². The third-order valence-electron chi connectivity index (χ3n) is 3.64. The molecule has 1 unspecified atom stereocenters. The summed E-state index contributed by atoms with van der Waals surface area (Å²) in [4.78, 5) is 27.0. The molecule has 1 heterocycles. The number of hydrogen-bond acceptors (Lipinski definition) is 3. The second-order valence-corrected chi connectivity index (χ2v) is 4.49. The molecule has 1 aliphatic carbocycles. The van der Waals surface area contributed by atoms with Crippen molar-refractivity contribution in [2.75, 3.05) is 0 Å². The van der Waals surface area contributed by atoms with Gasteiger partial charge in [-0.1, -0.05) is 18.6 Å². The lowest BCUT2D eigenvalue weighted by Gasteiger charge is -2.36. The van der Waals surface area contributed by atoms with Crippen LogP contribution in [0.25, 0.3) is 0 Å². The van der Waals surface area contributed by atoms with E-state index in [9.17, 15) is 9.59 Å². The lowest BCUT2D eigenvalue weighted by molar-refractivity contribution is -0.125. The van der Waals surface area contributed by atoms with E-state index in [0.29, 0.717) is 6.42 Å². The summed E-state index contributed by atoms with van der Waals surface area (Å²) in [6, 6.07) is -0.659. The summed E-state index contributed by atoms with van der Waals surface area (Å²) < 4.78 is 0. The highest BCUT2D eigenvalue weighted by atomic mass is 16.2. The third-order valence-corrected chi connectivity index (χ3v) is 3.64. The van der Waals surface area contributed by atoms with Gasteiger partial charge in [0.15, 0.2) is 0 Å². The molecule has 92 valence electrons. The number of imide groups is 1. The number of nitrogens with zero attached hydrogens (tertiary/aromatic N) is 1. The molecule has 0 radical (unpaired) electrons. The second kappa shape index (κ2) is 4.31. The Hall–Kier alpha value is -1.65. The second-order valence-electron chi connectivity index (χ2n) is 4.49. The molecule has 5 nitrogen and oxygen atoms in total. The molecular weight excluding hydrogens is 218 g/mol. The first-order valence-electron chi connectivity index (χ1n) is 6.01. The van der Waals surface area contributed by atoms with E-state index in [2.05, 4.69) is 16.4 Å². The van der Waals surface area contributed by atoms with Crippen LogP contribution in [0.5, 0.6) is 0 Å². The smallest absolute Gasteiger partial charge is 0.349 e. The van der Waals surface area contributed by atoms with Gasteiger partial charge in [-0.2, -0.15) is 4.99 Å². The highest BCUT2D eigenvalue weighted by Gasteiger charge is 2.47. The number of nitrogens with one attached hydrogen (secondary N) is 1. The topological polar surface area (TPSA) is 84.5 Å². The van der Waals surface area contributed by atoms with Crippen molar-refractivity contribution in [3.63, 3.8) is 0 Å². The minimum absolute atomic E-state index is 0.141. The van der Waals surface area contributed by atoms with Gasteiger partial charge in [0.1, 0.15) is 11.3 Å². The molecule has 0 saturated carbocycles. The van der Waals surface area contributed by atoms with E-state index in [0.717, 1.165) is 31.3 Å². The number of allylic oxidation sites excluding steroid dienone is 1. The first-order chi connectivity index (χ1) is 8.11. The van der Waals surface area contributed by atoms with Gasteiger partial charge in [0.2, 0.25) is 5.91 Å². The molecule has 3 N–H and O–H groups in total. The Kier molecular flexibility index (Phi) is 3.00. The molecule has 0 spiro atoms. The minimum Gasteiger partial charge on any atom is -0.386 e. The molecule has 5 heteroatoms. The van der Waals surface area contributed by atoms with Crippen LogP contribution in [0.4, 0.5) is 4.79 Å². The Morgan fingerprint density at radius 1 is 1.47 bits per heavy atom. The SMILES string of the molecule is CCC1(C2=CCCCC2)C(=O)NC(=O)N=C1N. The summed E-state index contributed by atoms with van der Waals surface area (Å²) in [5, 5.41) is 2.26. The van der Waals surface area contributed by atoms with Crippen molar-refractivity contribution in [2.45, 2.75) is 39.0 Å². The molecule has 2 aliphatic rings. The largest absolute Gasteiger partial charge is 0.386 e. The number of carbonyl (C=O) groups is 2. The molecule has 0 aromatic carbocycles. The zero-order valence-corrected chi connectivity index (χ0v) is 9.95. The summed E-state index contributed by atoms with van der Waals surface area (Å²) in [5.74, 6) is -0.187. The molecular formula is C12H17N3O2. The number of aliphatic imine (C=N–C) groups is 1. The van der Waals surface area contributed by atoms with Crippen LogP contribution in [-0.2, 0) is 4.79 Å². The van der Waals surface area contributed by atoms with Crippen molar-refractivity contribution in [3.8, 4) is 0 Å². The van der Waals surface area contributed by atoms with Crippen molar-refractivity contribution in [1.29, 1.82) is 0 Å². The lowest BCUT2D eigenvalue weighted by Crippen LogP contribution is -2.56. The Morgan fingerprint density at radius 2 is 2.24 bits per heavy atom.